The Morgan fingerprint density at radius 3 is 2.32 bits per heavy atom. The van der Waals surface area contributed by atoms with Gasteiger partial charge in [0.25, 0.3) is 5.91 Å². The Morgan fingerprint density at radius 2 is 1.73 bits per heavy atom. The molecule has 0 aromatic heterocycles. The van der Waals surface area contributed by atoms with Crippen LogP contribution >= 0.6 is 0 Å². The first-order valence-electron chi connectivity index (χ1n) is 6.16. The van der Waals surface area contributed by atoms with Crippen molar-refractivity contribution in [2.45, 2.75) is 0 Å². The maximum atomic E-state index is 11.8. The number of amides is 1. The van der Waals surface area contributed by atoms with Crippen LogP contribution in [-0.4, -0.2) is 33.4 Å². The monoisotopic (exact) mass is 300 g/mol. The van der Waals surface area contributed by atoms with Gasteiger partial charge in [-0.15, -0.1) is 0 Å². The standard InChI is InChI=1S/C15H12N2O5/c18-11-5-6-12(13(19)7-11)14(20)17-16-8-9-1-3-10(4-2-9)15(21)22/h1-8,18-19H,(H,17,20)(H,21,22)/b16-8+. The molecule has 1 amide bonds. The quantitative estimate of drug-likeness (QED) is 0.504. The summed E-state index contributed by atoms with van der Waals surface area (Å²) in [6.07, 6.45) is 1.33. The van der Waals surface area contributed by atoms with Crippen molar-refractivity contribution in [3.05, 3.63) is 59.2 Å². The highest BCUT2D eigenvalue weighted by Crippen LogP contribution is 2.22. The van der Waals surface area contributed by atoms with Crippen molar-refractivity contribution < 1.29 is 24.9 Å². The van der Waals surface area contributed by atoms with Crippen molar-refractivity contribution in [1.29, 1.82) is 0 Å². The van der Waals surface area contributed by atoms with Crippen LogP contribution in [0.5, 0.6) is 11.5 Å². The fourth-order valence-corrected chi connectivity index (χ4v) is 1.65. The number of hydrazone groups is 1. The summed E-state index contributed by atoms with van der Waals surface area (Å²) in [5.41, 5.74) is 2.93. The minimum Gasteiger partial charge on any atom is -0.508 e. The lowest BCUT2D eigenvalue weighted by Gasteiger charge is -2.03. The number of carbonyl (C=O) groups excluding carboxylic acids is 1. The summed E-state index contributed by atoms with van der Waals surface area (Å²) < 4.78 is 0. The maximum absolute atomic E-state index is 11.8. The molecule has 112 valence electrons. The van der Waals surface area contributed by atoms with Crippen LogP contribution in [0.2, 0.25) is 0 Å². The number of aromatic carboxylic acids is 1. The number of benzene rings is 2. The Morgan fingerprint density at radius 1 is 1.05 bits per heavy atom. The molecule has 0 aliphatic rings. The van der Waals surface area contributed by atoms with Gasteiger partial charge in [0.1, 0.15) is 11.5 Å². The third kappa shape index (κ3) is 3.60. The van der Waals surface area contributed by atoms with E-state index >= 15 is 0 Å². The smallest absolute Gasteiger partial charge is 0.335 e. The second-order valence-corrected chi connectivity index (χ2v) is 4.33. The van der Waals surface area contributed by atoms with E-state index < -0.39 is 11.9 Å². The zero-order chi connectivity index (χ0) is 16.1. The van der Waals surface area contributed by atoms with E-state index in [0.717, 1.165) is 6.07 Å². The lowest BCUT2D eigenvalue weighted by Crippen LogP contribution is -2.17. The van der Waals surface area contributed by atoms with E-state index in [0.29, 0.717) is 5.56 Å². The number of phenolic OH excluding ortho intramolecular Hbond substituents is 2. The van der Waals surface area contributed by atoms with Gasteiger partial charge in [-0.2, -0.15) is 5.10 Å². The van der Waals surface area contributed by atoms with Gasteiger partial charge in [0.2, 0.25) is 0 Å². The first kappa shape index (κ1) is 15.0. The Kier molecular flexibility index (Phi) is 4.38. The summed E-state index contributed by atoms with van der Waals surface area (Å²) in [7, 11) is 0. The maximum Gasteiger partial charge on any atom is 0.335 e. The van der Waals surface area contributed by atoms with Crippen LogP contribution in [0.3, 0.4) is 0 Å². The molecule has 0 atom stereocenters. The molecule has 22 heavy (non-hydrogen) atoms. The van der Waals surface area contributed by atoms with Crippen molar-refractivity contribution in [3.63, 3.8) is 0 Å². The minimum atomic E-state index is -1.03. The molecule has 0 spiro atoms. The molecule has 4 N–H and O–H groups in total. The van der Waals surface area contributed by atoms with E-state index in [4.69, 9.17) is 10.2 Å². The molecule has 2 rings (SSSR count). The lowest BCUT2D eigenvalue weighted by atomic mass is 10.1. The van der Waals surface area contributed by atoms with E-state index in [9.17, 15) is 14.7 Å². The first-order chi connectivity index (χ1) is 10.5. The summed E-state index contributed by atoms with van der Waals surface area (Å²) in [6, 6.07) is 9.48. The van der Waals surface area contributed by atoms with Gasteiger partial charge in [-0.1, -0.05) is 12.1 Å². The van der Waals surface area contributed by atoms with Crippen molar-refractivity contribution >= 4 is 18.1 Å². The number of nitrogens with one attached hydrogen (secondary N) is 1. The van der Waals surface area contributed by atoms with E-state index in [1.54, 1.807) is 0 Å². The number of carboxylic acids is 1. The average molecular weight is 300 g/mol. The third-order valence-electron chi connectivity index (χ3n) is 2.76. The Balaban J connectivity index is 2.02. The number of rotatable bonds is 4. The highest BCUT2D eigenvalue weighted by molar-refractivity contribution is 5.97. The van der Waals surface area contributed by atoms with Crippen LogP contribution in [0.25, 0.3) is 0 Å². The molecule has 0 saturated carbocycles. The van der Waals surface area contributed by atoms with E-state index in [1.807, 2.05) is 0 Å². The van der Waals surface area contributed by atoms with Crippen molar-refractivity contribution in [3.8, 4) is 11.5 Å². The molecule has 7 heteroatoms. The van der Waals surface area contributed by atoms with E-state index in [2.05, 4.69) is 10.5 Å². The second-order valence-electron chi connectivity index (χ2n) is 4.33. The second kappa shape index (κ2) is 6.40. The van der Waals surface area contributed by atoms with Crippen LogP contribution in [0.15, 0.2) is 47.6 Å². The lowest BCUT2D eigenvalue weighted by molar-refractivity contribution is 0.0696. The van der Waals surface area contributed by atoms with Gasteiger partial charge >= 0.3 is 5.97 Å². The number of aromatic hydroxyl groups is 2. The van der Waals surface area contributed by atoms with Crippen molar-refractivity contribution in [1.82, 2.24) is 5.43 Å². The topological polar surface area (TPSA) is 119 Å². The largest absolute Gasteiger partial charge is 0.508 e. The molecule has 7 nitrogen and oxygen atoms in total. The molecule has 0 heterocycles. The highest BCUT2D eigenvalue weighted by atomic mass is 16.4. The molecule has 2 aromatic carbocycles. The van der Waals surface area contributed by atoms with Crippen LogP contribution < -0.4 is 5.43 Å². The molecule has 2 aromatic rings. The Hall–Kier alpha value is -3.35. The van der Waals surface area contributed by atoms with Gasteiger partial charge in [-0.05, 0) is 29.8 Å². The van der Waals surface area contributed by atoms with Gasteiger partial charge in [0.15, 0.2) is 0 Å². The molecule has 0 radical (unpaired) electrons. The summed E-state index contributed by atoms with van der Waals surface area (Å²) in [6.45, 7) is 0. The fourth-order valence-electron chi connectivity index (χ4n) is 1.65. The molecule has 0 saturated heterocycles. The number of hydrogen-bond acceptors (Lipinski definition) is 5. The van der Waals surface area contributed by atoms with Crippen LogP contribution in [0.1, 0.15) is 26.3 Å². The van der Waals surface area contributed by atoms with Gasteiger partial charge in [-0.3, -0.25) is 4.79 Å². The number of carbonyl (C=O) groups is 2. The molecule has 0 unspecified atom stereocenters. The summed E-state index contributed by atoms with van der Waals surface area (Å²) in [5, 5.41) is 31.1. The van der Waals surface area contributed by atoms with Crippen LogP contribution in [0.4, 0.5) is 0 Å². The molecule has 0 fully saturated rings. The average Bonchev–Trinajstić information content (AvgIpc) is 2.47. The molecular formula is C15H12N2O5. The zero-order valence-electron chi connectivity index (χ0n) is 11.2. The van der Waals surface area contributed by atoms with Crippen LogP contribution in [0, 0.1) is 0 Å². The Labute approximate surface area is 125 Å². The normalized spacial score (nSPS) is 10.5. The molecular weight excluding hydrogens is 288 g/mol. The Bertz CT molecular complexity index is 738. The van der Waals surface area contributed by atoms with Crippen LogP contribution in [-0.2, 0) is 0 Å². The number of nitrogens with zero attached hydrogens (tertiary/aromatic N) is 1. The molecule has 0 aliphatic heterocycles. The van der Waals surface area contributed by atoms with Gasteiger partial charge in [-0.25, -0.2) is 10.2 Å². The predicted molar refractivity (Wildman–Crippen MR) is 78.2 cm³/mol. The van der Waals surface area contributed by atoms with Gasteiger partial charge in [0, 0.05) is 6.07 Å². The summed E-state index contributed by atoms with van der Waals surface area (Å²) in [5.74, 6) is -2.19. The van der Waals surface area contributed by atoms with Crippen molar-refractivity contribution in [2.75, 3.05) is 0 Å². The first-order valence-corrected chi connectivity index (χ1v) is 6.16. The third-order valence-corrected chi connectivity index (χ3v) is 2.76. The van der Waals surface area contributed by atoms with E-state index in [-0.39, 0.29) is 22.6 Å². The summed E-state index contributed by atoms with van der Waals surface area (Å²) >= 11 is 0. The minimum absolute atomic E-state index is 0.0313. The zero-order valence-corrected chi connectivity index (χ0v) is 11.2. The van der Waals surface area contributed by atoms with E-state index in [1.165, 1.54) is 42.6 Å². The molecule has 0 bridgehead atoms. The number of phenols is 2. The predicted octanol–water partition coefficient (Wildman–Crippen LogP) is 1.56. The number of hydrogen-bond donors (Lipinski definition) is 4. The summed E-state index contributed by atoms with van der Waals surface area (Å²) in [4.78, 5) is 22.5. The SMILES string of the molecule is O=C(O)c1ccc(/C=N/NC(=O)c2ccc(O)cc2O)cc1. The van der Waals surface area contributed by atoms with Gasteiger partial charge < -0.3 is 15.3 Å². The van der Waals surface area contributed by atoms with Gasteiger partial charge in [0.05, 0.1) is 17.3 Å². The fraction of sp³-hybridized carbons (Fsp3) is 0. The molecule has 0 aliphatic carbocycles. The highest BCUT2D eigenvalue weighted by Gasteiger charge is 2.10. The number of carboxylic acid groups (broad SMARTS) is 1. The van der Waals surface area contributed by atoms with Crippen molar-refractivity contribution in [2.24, 2.45) is 5.10 Å².